The molecule has 2 heterocycles. The first-order chi connectivity index (χ1) is 8.84. The summed E-state index contributed by atoms with van der Waals surface area (Å²) < 4.78 is 0. The fraction of sp³-hybridized carbons (Fsp3) is 0.333. The molecule has 2 nitrogen and oxygen atoms in total. The smallest absolute Gasteiger partial charge is 0.0646 e. The fourth-order valence-corrected chi connectivity index (χ4v) is 3.25. The highest BCUT2D eigenvalue weighted by molar-refractivity contribution is 7.10. The van der Waals surface area contributed by atoms with Crippen molar-refractivity contribution in [1.29, 1.82) is 0 Å². The van der Waals surface area contributed by atoms with Gasteiger partial charge in [0, 0.05) is 23.7 Å². The van der Waals surface area contributed by atoms with Crippen LogP contribution < -0.4 is 10.6 Å². The second-order valence-electron chi connectivity index (χ2n) is 4.78. The molecular weight excluding hydrogens is 240 g/mol. The minimum absolute atomic E-state index is 0.0117. The zero-order valence-corrected chi connectivity index (χ0v) is 11.2. The molecule has 0 radical (unpaired) electrons. The van der Waals surface area contributed by atoms with Gasteiger partial charge in [-0.2, -0.15) is 0 Å². The Bertz CT molecular complexity index is 484. The van der Waals surface area contributed by atoms with E-state index < -0.39 is 0 Å². The lowest BCUT2D eigenvalue weighted by molar-refractivity contribution is 0.890. The van der Waals surface area contributed by atoms with Crippen LogP contribution in [0.4, 0.5) is 5.69 Å². The second kappa shape index (κ2) is 5.12. The van der Waals surface area contributed by atoms with Gasteiger partial charge in [-0.15, -0.1) is 11.3 Å². The summed E-state index contributed by atoms with van der Waals surface area (Å²) in [5.74, 6) is 0. The number of benzene rings is 1. The molecule has 94 valence electrons. The van der Waals surface area contributed by atoms with Crippen molar-refractivity contribution < 1.29 is 0 Å². The van der Waals surface area contributed by atoms with Crippen LogP contribution in [0.2, 0.25) is 0 Å². The Hall–Kier alpha value is -1.32. The minimum atomic E-state index is 0.0117. The van der Waals surface area contributed by atoms with Crippen LogP contribution in [0.1, 0.15) is 29.3 Å². The van der Waals surface area contributed by atoms with E-state index >= 15 is 0 Å². The Balaban J connectivity index is 1.78. The molecule has 1 saturated heterocycles. The van der Waals surface area contributed by atoms with Gasteiger partial charge < -0.3 is 10.6 Å². The van der Waals surface area contributed by atoms with E-state index in [9.17, 15) is 0 Å². The zero-order chi connectivity index (χ0) is 12.4. The van der Waals surface area contributed by atoms with Gasteiger partial charge in [0.05, 0.1) is 6.04 Å². The van der Waals surface area contributed by atoms with Crippen molar-refractivity contribution in [2.24, 2.45) is 5.73 Å². The van der Waals surface area contributed by atoms with E-state index in [0.29, 0.717) is 0 Å². The van der Waals surface area contributed by atoms with Gasteiger partial charge in [0.15, 0.2) is 0 Å². The van der Waals surface area contributed by atoms with Crippen LogP contribution in [0.5, 0.6) is 0 Å². The van der Waals surface area contributed by atoms with Crippen LogP contribution in [-0.2, 0) is 0 Å². The molecular formula is C15H18N2S. The number of anilines is 1. The van der Waals surface area contributed by atoms with Crippen molar-refractivity contribution in [3.05, 3.63) is 52.2 Å². The molecule has 2 N–H and O–H groups in total. The van der Waals surface area contributed by atoms with E-state index in [4.69, 9.17) is 5.73 Å². The molecule has 0 saturated carbocycles. The largest absolute Gasteiger partial charge is 0.372 e. The van der Waals surface area contributed by atoms with Crippen molar-refractivity contribution in [2.75, 3.05) is 18.0 Å². The molecule has 0 aliphatic carbocycles. The second-order valence-corrected chi connectivity index (χ2v) is 5.76. The van der Waals surface area contributed by atoms with Crippen molar-refractivity contribution in [2.45, 2.75) is 18.9 Å². The van der Waals surface area contributed by atoms with Gasteiger partial charge in [-0.3, -0.25) is 0 Å². The summed E-state index contributed by atoms with van der Waals surface area (Å²) in [7, 11) is 0. The zero-order valence-electron chi connectivity index (χ0n) is 10.4. The predicted octanol–water partition coefficient (Wildman–Crippen LogP) is 3.40. The topological polar surface area (TPSA) is 29.3 Å². The van der Waals surface area contributed by atoms with E-state index in [-0.39, 0.29) is 6.04 Å². The van der Waals surface area contributed by atoms with E-state index in [0.717, 1.165) is 0 Å². The van der Waals surface area contributed by atoms with Gasteiger partial charge in [-0.1, -0.05) is 18.2 Å². The molecule has 0 amide bonds. The van der Waals surface area contributed by atoms with Crippen molar-refractivity contribution in [1.82, 2.24) is 0 Å². The molecule has 1 atom stereocenters. The average molecular weight is 258 g/mol. The SMILES string of the molecule is N[C@@H](c1ccc(N2CCCC2)cc1)c1cccs1. The highest BCUT2D eigenvalue weighted by Gasteiger charge is 2.13. The molecule has 1 aliphatic heterocycles. The summed E-state index contributed by atoms with van der Waals surface area (Å²) in [6, 6.07) is 12.9. The fourth-order valence-electron chi connectivity index (χ4n) is 2.50. The highest BCUT2D eigenvalue weighted by Crippen LogP contribution is 2.26. The summed E-state index contributed by atoms with van der Waals surface area (Å²) in [6.45, 7) is 2.38. The Morgan fingerprint density at radius 1 is 1.06 bits per heavy atom. The van der Waals surface area contributed by atoms with Crippen LogP contribution in [0.3, 0.4) is 0 Å². The quantitative estimate of drug-likeness (QED) is 0.914. The summed E-state index contributed by atoms with van der Waals surface area (Å²) in [6.07, 6.45) is 2.63. The Kier molecular flexibility index (Phi) is 3.35. The van der Waals surface area contributed by atoms with E-state index in [1.165, 1.54) is 42.1 Å². The maximum atomic E-state index is 6.26. The summed E-state index contributed by atoms with van der Waals surface area (Å²) in [4.78, 5) is 3.67. The van der Waals surface area contributed by atoms with Crippen LogP contribution in [0, 0.1) is 0 Å². The lowest BCUT2D eigenvalue weighted by Gasteiger charge is -2.18. The van der Waals surface area contributed by atoms with E-state index in [1.807, 2.05) is 0 Å². The molecule has 2 aromatic rings. The highest BCUT2D eigenvalue weighted by atomic mass is 32.1. The van der Waals surface area contributed by atoms with Gasteiger partial charge in [0.1, 0.15) is 0 Å². The van der Waals surface area contributed by atoms with Crippen molar-refractivity contribution in [3.63, 3.8) is 0 Å². The normalized spacial score (nSPS) is 17.1. The molecule has 0 spiro atoms. The number of hydrogen-bond acceptors (Lipinski definition) is 3. The maximum Gasteiger partial charge on any atom is 0.0646 e. The molecule has 1 aromatic heterocycles. The monoisotopic (exact) mass is 258 g/mol. The lowest BCUT2D eigenvalue weighted by atomic mass is 10.1. The van der Waals surface area contributed by atoms with E-state index in [2.05, 4.69) is 46.7 Å². The number of thiophene rings is 1. The molecule has 3 rings (SSSR count). The molecule has 1 aliphatic rings. The number of hydrogen-bond donors (Lipinski definition) is 1. The van der Waals surface area contributed by atoms with E-state index in [1.54, 1.807) is 11.3 Å². The lowest BCUT2D eigenvalue weighted by Crippen LogP contribution is -2.17. The number of nitrogens with zero attached hydrogens (tertiary/aromatic N) is 1. The van der Waals surface area contributed by atoms with Gasteiger partial charge in [-0.25, -0.2) is 0 Å². The van der Waals surface area contributed by atoms with Crippen LogP contribution in [0.25, 0.3) is 0 Å². The van der Waals surface area contributed by atoms with Crippen molar-refractivity contribution >= 4 is 17.0 Å². The molecule has 0 bridgehead atoms. The number of nitrogens with two attached hydrogens (primary N) is 1. The molecule has 1 fully saturated rings. The van der Waals surface area contributed by atoms with Gasteiger partial charge in [-0.05, 0) is 42.0 Å². The first-order valence-electron chi connectivity index (χ1n) is 6.48. The molecule has 1 aromatic carbocycles. The summed E-state index contributed by atoms with van der Waals surface area (Å²) in [5.41, 5.74) is 8.78. The first kappa shape index (κ1) is 11.8. The van der Waals surface area contributed by atoms with Crippen LogP contribution >= 0.6 is 11.3 Å². The minimum Gasteiger partial charge on any atom is -0.372 e. The standard InChI is InChI=1S/C15H18N2S/c16-15(14-4-3-11-18-14)12-5-7-13(8-6-12)17-9-1-2-10-17/h3-8,11,15H,1-2,9-10,16H2/t15-/m0/s1. The van der Waals surface area contributed by atoms with Crippen LogP contribution in [0.15, 0.2) is 41.8 Å². The first-order valence-corrected chi connectivity index (χ1v) is 7.36. The van der Waals surface area contributed by atoms with Gasteiger partial charge >= 0.3 is 0 Å². The summed E-state index contributed by atoms with van der Waals surface area (Å²) >= 11 is 1.72. The Labute approximate surface area is 112 Å². The predicted molar refractivity (Wildman–Crippen MR) is 78.2 cm³/mol. The maximum absolute atomic E-state index is 6.26. The molecule has 18 heavy (non-hydrogen) atoms. The van der Waals surface area contributed by atoms with Crippen LogP contribution in [-0.4, -0.2) is 13.1 Å². The average Bonchev–Trinajstić information content (AvgIpc) is 3.11. The third kappa shape index (κ3) is 2.28. The van der Waals surface area contributed by atoms with Crippen molar-refractivity contribution in [3.8, 4) is 0 Å². The van der Waals surface area contributed by atoms with Gasteiger partial charge in [0.2, 0.25) is 0 Å². The Morgan fingerprint density at radius 2 is 1.78 bits per heavy atom. The molecule has 0 unspecified atom stereocenters. The molecule has 3 heteroatoms. The van der Waals surface area contributed by atoms with Gasteiger partial charge in [0.25, 0.3) is 0 Å². The summed E-state index contributed by atoms with van der Waals surface area (Å²) in [5, 5.41) is 2.08. The Morgan fingerprint density at radius 3 is 2.39 bits per heavy atom. The third-order valence-electron chi connectivity index (χ3n) is 3.57. The third-order valence-corrected chi connectivity index (χ3v) is 4.53. The number of rotatable bonds is 3.